The molecule has 0 unspecified atom stereocenters. The number of ether oxygens (including phenoxy) is 1. The molecule has 0 spiro atoms. The van der Waals surface area contributed by atoms with Crippen molar-refractivity contribution in [1.29, 1.82) is 5.41 Å². The van der Waals surface area contributed by atoms with Crippen LogP contribution >= 0.6 is 0 Å². The highest BCUT2D eigenvalue weighted by Gasteiger charge is 2.28. The third kappa shape index (κ3) is 11.0. The number of carbonyl (C=O) groups is 4. The third-order valence-corrected chi connectivity index (χ3v) is 4.72. The first-order valence-electron chi connectivity index (χ1n) is 10.8. The molecule has 0 saturated carbocycles. The van der Waals surface area contributed by atoms with Crippen LogP contribution in [0, 0.1) is 5.41 Å². The lowest BCUT2D eigenvalue weighted by atomic mass is 10.1. The van der Waals surface area contributed by atoms with E-state index in [4.69, 9.17) is 21.0 Å². The number of benzene rings is 1. The SMILES string of the molecule is CCCCC[C@H](NC(=O)[C@H](CC(=O)O)NC(=O)CCCOc1ccc(C(=N)N)cc1)C(=O)O. The summed E-state index contributed by atoms with van der Waals surface area (Å²) in [5, 5.41) is 30.4. The van der Waals surface area contributed by atoms with E-state index >= 15 is 0 Å². The van der Waals surface area contributed by atoms with Gasteiger partial charge in [0.15, 0.2) is 0 Å². The Morgan fingerprint density at radius 1 is 1.03 bits per heavy atom. The van der Waals surface area contributed by atoms with Crippen LogP contribution in [0.1, 0.15) is 57.4 Å². The lowest BCUT2D eigenvalue weighted by Crippen LogP contribution is -2.52. The number of carboxylic acid groups (broad SMARTS) is 2. The summed E-state index contributed by atoms with van der Waals surface area (Å²) in [6.45, 7) is 2.16. The van der Waals surface area contributed by atoms with Gasteiger partial charge in [0.25, 0.3) is 0 Å². The second-order valence-electron chi connectivity index (χ2n) is 7.50. The number of carboxylic acids is 2. The normalized spacial score (nSPS) is 12.3. The summed E-state index contributed by atoms with van der Waals surface area (Å²) in [5.41, 5.74) is 5.94. The van der Waals surface area contributed by atoms with Gasteiger partial charge >= 0.3 is 11.9 Å². The maximum Gasteiger partial charge on any atom is 0.326 e. The number of unbranched alkanes of at least 4 members (excludes halogenated alkanes) is 2. The molecule has 7 N–H and O–H groups in total. The van der Waals surface area contributed by atoms with E-state index in [2.05, 4.69) is 10.6 Å². The van der Waals surface area contributed by atoms with E-state index in [0.717, 1.165) is 12.8 Å². The van der Waals surface area contributed by atoms with Crippen molar-refractivity contribution in [2.45, 2.75) is 64.0 Å². The van der Waals surface area contributed by atoms with Gasteiger partial charge in [-0.05, 0) is 37.1 Å². The van der Waals surface area contributed by atoms with Crippen LogP contribution in [0.5, 0.6) is 5.75 Å². The molecular weight excluding hydrogens is 432 g/mol. The molecule has 11 heteroatoms. The molecule has 1 aromatic carbocycles. The molecule has 11 nitrogen and oxygen atoms in total. The van der Waals surface area contributed by atoms with Crippen LogP contribution in [0.3, 0.4) is 0 Å². The number of nitrogens with one attached hydrogen (secondary N) is 3. The summed E-state index contributed by atoms with van der Waals surface area (Å²) in [4.78, 5) is 47.2. The molecule has 0 fully saturated rings. The van der Waals surface area contributed by atoms with Gasteiger partial charge in [-0.15, -0.1) is 0 Å². The average Bonchev–Trinajstić information content (AvgIpc) is 2.75. The standard InChI is InChI=1S/C22H32N4O7/c1-2-3-4-6-16(22(31)32)26-21(30)17(13-19(28)29)25-18(27)7-5-12-33-15-10-8-14(9-11-15)20(23)24/h8-11,16-17H,2-7,12-13H2,1H3,(H3,23,24)(H,25,27)(H,26,30)(H,28,29)(H,31,32)/t16-,17-/m0/s1. The van der Waals surface area contributed by atoms with Crippen molar-refractivity contribution in [3.05, 3.63) is 29.8 Å². The number of rotatable bonds is 16. The van der Waals surface area contributed by atoms with Crippen LogP contribution in [-0.4, -0.2) is 58.5 Å². The Balaban J connectivity index is 2.54. The zero-order valence-corrected chi connectivity index (χ0v) is 18.6. The monoisotopic (exact) mass is 464 g/mol. The maximum absolute atomic E-state index is 12.5. The van der Waals surface area contributed by atoms with Gasteiger partial charge in [-0.25, -0.2) is 4.79 Å². The Morgan fingerprint density at radius 2 is 1.70 bits per heavy atom. The van der Waals surface area contributed by atoms with Crippen LogP contribution in [-0.2, 0) is 19.2 Å². The molecule has 1 aromatic rings. The van der Waals surface area contributed by atoms with Crippen LogP contribution in [0.4, 0.5) is 0 Å². The maximum atomic E-state index is 12.5. The molecule has 0 bridgehead atoms. The first kappa shape index (κ1) is 27.4. The molecule has 1 rings (SSSR count). The number of amidine groups is 1. The Kier molecular flexibility index (Phi) is 12.0. The number of carbonyl (C=O) groups excluding carboxylic acids is 2. The average molecular weight is 465 g/mol. The van der Waals surface area contributed by atoms with E-state index in [0.29, 0.717) is 24.2 Å². The van der Waals surface area contributed by atoms with Gasteiger partial charge in [-0.2, -0.15) is 0 Å². The summed E-state index contributed by atoms with van der Waals surface area (Å²) in [5.74, 6) is -3.44. The first-order valence-corrected chi connectivity index (χ1v) is 10.8. The van der Waals surface area contributed by atoms with Gasteiger partial charge in [0.1, 0.15) is 23.7 Å². The molecule has 0 radical (unpaired) electrons. The van der Waals surface area contributed by atoms with Crippen molar-refractivity contribution in [2.75, 3.05) is 6.61 Å². The van der Waals surface area contributed by atoms with Crippen LogP contribution < -0.4 is 21.1 Å². The van der Waals surface area contributed by atoms with Crippen LogP contribution in [0.2, 0.25) is 0 Å². The molecule has 0 aliphatic heterocycles. The van der Waals surface area contributed by atoms with Gasteiger partial charge in [-0.3, -0.25) is 19.8 Å². The second-order valence-corrected chi connectivity index (χ2v) is 7.50. The third-order valence-electron chi connectivity index (χ3n) is 4.72. The van der Waals surface area contributed by atoms with E-state index in [9.17, 15) is 24.3 Å². The minimum Gasteiger partial charge on any atom is -0.494 e. The van der Waals surface area contributed by atoms with E-state index in [1.807, 2.05) is 6.92 Å². The molecule has 2 amide bonds. The second kappa shape index (κ2) is 14.4. The fraction of sp³-hybridized carbons (Fsp3) is 0.500. The number of amides is 2. The molecule has 0 aliphatic carbocycles. The van der Waals surface area contributed by atoms with Gasteiger partial charge in [0.2, 0.25) is 11.8 Å². The molecule has 0 heterocycles. The van der Waals surface area contributed by atoms with Crippen molar-refractivity contribution in [1.82, 2.24) is 10.6 Å². The van der Waals surface area contributed by atoms with Crippen molar-refractivity contribution in [3.63, 3.8) is 0 Å². The van der Waals surface area contributed by atoms with E-state index in [-0.39, 0.29) is 25.3 Å². The zero-order valence-electron chi connectivity index (χ0n) is 18.6. The highest BCUT2D eigenvalue weighted by Crippen LogP contribution is 2.12. The molecule has 182 valence electrons. The lowest BCUT2D eigenvalue weighted by Gasteiger charge is -2.20. The topological polar surface area (TPSA) is 192 Å². The summed E-state index contributed by atoms with van der Waals surface area (Å²) in [6, 6.07) is 4.01. The summed E-state index contributed by atoms with van der Waals surface area (Å²) in [7, 11) is 0. The van der Waals surface area contributed by atoms with Crippen LogP contribution in [0.15, 0.2) is 24.3 Å². The van der Waals surface area contributed by atoms with E-state index in [1.165, 1.54) is 0 Å². The predicted octanol–water partition coefficient (Wildman–Crippen LogP) is 1.24. The van der Waals surface area contributed by atoms with E-state index in [1.54, 1.807) is 24.3 Å². The van der Waals surface area contributed by atoms with Gasteiger partial charge < -0.3 is 31.3 Å². The van der Waals surface area contributed by atoms with Crippen LogP contribution in [0.25, 0.3) is 0 Å². The number of hydrogen-bond donors (Lipinski definition) is 6. The quantitative estimate of drug-likeness (QED) is 0.119. The summed E-state index contributed by atoms with van der Waals surface area (Å²) < 4.78 is 5.50. The Bertz CT molecular complexity index is 827. The highest BCUT2D eigenvalue weighted by molar-refractivity contribution is 5.95. The van der Waals surface area contributed by atoms with Crippen molar-refractivity contribution < 1.29 is 34.1 Å². The molecule has 0 aliphatic rings. The lowest BCUT2D eigenvalue weighted by molar-refractivity contribution is -0.143. The number of nitrogen functional groups attached to an aromatic ring is 1. The van der Waals surface area contributed by atoms with Gasteiger partial charge in [0, 0.05) is 12.0 Å². The number of hydrogen-bond acceptors (Lipinski definition) is 6. The molecule has 0 aromatic heterocycles. The number of aliphatic carboxylic acids is 2. The highest BCUT2D eigenvalue weighted by atomic mass is 16.5. The molecule has 0 saturated heterocycles. The fourth-order valence-electron chi connectivity index (χ4n) is 2.93. The smallest absolute Gasteiger partial charge is 0.326 e. The predicted molar refractivity (Wildman–Crippen MR) is 120 cm³/mol. The Morgan fingerprint density at radius 3 is 2.24 bits per heavy atom. The molecule has 33 heavy (non-hydrogen) atoms. The largest absolute Gasteiger partial charge is 0.494 e. The number of nitrogens with two attached hydrogens (primary N) is 1. The van der Waals surface area contributed by atoms with Gasteiger partial charge in [-0.1, -0.05) is 26.2 Å². The Labute approximate surface area is 192 Å². The fourth-order valence-corrected chi connectivity index (χ4v) is 2.93. The van der Waals surface area contributed by atoms with E-state index < -0.39 is 42.3 Å². The Hall–Kier alpha value is -3.63. The zero-order chi connectivity index (χ0) is 24.8. The van der Waals surface area contributed by atoms with Crippen molar-refractivity contribution >= 4 is 29.6 Å². The summed E-state index contributed by atoms with van der Waals surface area (Å²) >= 11 is 0. The van der Waals surface area contributed by atoms with Gasteiger partial charge in [0.05, 0.1) is 13.0 Å². The minimum atomic E-state index is -1.39. The first-order chi connectivity index (χ1) is 15.6. The minimum absolute atomic E-state index is 0.0201. The van der Waals surface area contributed by atoms with Crippen molar-refractivity contribution in [2.24, 2.45) is 5.73 Å². The molecule has 2 atom stereocenters. The summed E-state index contributed by atoms with van der Waals surface area (Å²) in [6.07, 6.45) is 2.11. The molecular formula is C22H32N4O7. The van der Waals surface area contributed by atoms with Crippen molar-refractivity contribution in [3.8, 4) is 5.75 Å².